The number of aromatic nitrogens is 1. The van der Waals surface area contributed by atoms with Gasteiger partial charge in [-0.05, 0) is 61.5 Å². The second-order valence-corrected chi connectivity index (χ2v) is 7.45. The van der Waals surface area contributed by atoms with Gasteiger partial charge >= 0.3 is 5.97 Å². The maximum atomic E-state index is 11.3. The number of carboxylic acid groups (broad SMARTS) is 1. The van der Waals surface area contributed by atoms with E-state index in [1.165, 1.54) is 22.1 Å². The number of fused-ring (bicyclic) bond motifs is 1. The molecule has 1 saturated heterocycles. The highest BCUT2D eigenvalue weighted by atomic mass is 16.4. The van der Waals surface area contributed by atoms with E-state index in [0.717, 1.165) is 18.5 Å². The molecule has 1 atom stereocenters. The molecule has 2 heterocycles. The number of hydrogen-bond acceptors (Lipinski definition) is 3. The van der Waals surface area contributed by atoms with Crippen molar-refractivity contribution in [2.75, 3.05) is 13.1 Å². The summed E-state index contributed by atoms with van der Waals surface area (Å²) in [5.41, 5.74) is 3.74. The zero-order valence-corrected chi connectivity index (χ0v) is 15.5. The Morgan fingerprint density at radius 1 is 1.07 bits per heavy atom. The molecule has 0 spiro atoms. The van der Waals surface area contributed by atoms with E-state index in [4.69, 9.17) is 0 Å². The van der Waals surface area contributed by atoms with Gasteiger partial charge in [0.1, 0.15) is 0 Å². The fourth-order valence-corrected chi connectivity index (χ4v) is 4.13. The fraction of sp³-hybridized carbons (Fsp3) is 0.304. The first-order chi connectivity index (χ1) is 13.1. The van der Waals surface area contributed by atoms with E-state index in [2.05, 4.69) is 59.3 Å². The van der Waals surface area contributed by atoms with Gasteiger partial charge in [-0.2, -0.15) is 0 Å². The first kappa shape index (κ1) is 17.7. The molecule has 1 aliphatic heterocycles. The summed E-state index contributed by atoms with van der Waals surface area (Å²) in [6.07, 6.45) is 5.12. The van der Waals surface area contributed by atoms with Crippen molar-refractivity contribution in [2.24, 2.45) is 5.92 Å². The number of rotatable bonds is 4. The van der Waals surface area contributed by atoms with Crippen LogP contribution < -0.4 is 0 Å². The molecule has 138 valence electrons. The molecule has 27 heavy (non-hydrogen) atoms. The number of carboxylic acids is 1. The summed E-state index contributed by atoms with van der Waals surface area (Å²) >= 11 is 0. The van der Waals surface area contributed by atoms with Crippen molar-refractivity contribution in [1.29, 1.82) is 0 Å². The molecule has 1 unspecified atom stereocenters. The molecule has 0 bridgehead atoms. The van der Waals surface area contributed by atoms with Crippen molar-refractivity contribution >= 4 is 16.7 Å². The van der Waals surface area contributed by atoms with Crippen LogP contribution in [-0.2, 0) is 4.79 Å². The maximum absolute atomic E-state index is 11.3. The lowest BCUT2D eigenvalue weighted by Crippen LogP contribution is -2.39. The molecule has 1 aromatic heterocycles. The second-order valence-electron chi connectivity index (χ2n) is 7.45. The first-order valence-electron chi connectivity index (χ1n) is 9.49. The van der Waals surface area contributed by atoms with Gasteiger partial charge in [-0.15, -0.1) is 0 Å². The van der Waals surface area contributed by atoms with Crippen LogP contribution in [0.2, 0.25) is 0 Å². The molecule has 4 nitrogen and oxygen atoms in total. The second kappa shape index (κ2) is 7.49. The third-order valence-corrected chi connectivity index (χ3v) is 5.58. The Kier molecular flexibility index (Phi) is 4.90. The predicted octanol–water partition coefficient (Wildman–Crippen LogP) is 4.43. The zero-order valence-electron chi connectivity index (χ0n) is 15.5. The number of nitrogens with zero attached hydrogens (tertiary/aromatic N) is 2. The number of likely N-dealkylation sites (tertiary alicyclic amines) is 1. The highest BCUT2D eigenvalue weighted by Crippen LogP contribution is 2.34. The molecule has 3 aromatic rings. The Hall–Kier alpha value is -2.72. The van der Waals surface area contributed by atoms with Crippen molar-refractivity contribution < 1.29 is 9.90 Å². The van der Waals surface area contributed by atoms with E-state index in [9.17, 15) is 9.90 Å². The van der Waals surface area contributed by atoms with Gasteiger partial charge in [0.15, 0.2) is 0 Å². The molecule has 4 rings (SSSR count). The topological polar surface area (TPSA) is 53.4 Å². The van der Waals surface area contributed by atoms with Gasteiger partial charge < -0.3 is 5.11 Å². The summed E-state index contributed by atoms with van der Waals surface area (Å²) in [6, 6.07) is 17.4. The molecule has 0 radical (unpaired) electrons. The lowest BCUT2D eigenvalue weighted by Gasteiger charge is -2.37. The van der Waals surface area contributed by atoms with Gasteiger partial charge in [-0.3, -0.25) is 14.7 Å². The molecule has 0 saturated carbocycles. The Morgan fingerprint density at radius 2 is 1.85 bits per heavy atom. The average molecular weight is 360 g/mol. The van der Waals surface area contributed by atoms with Crippen LogP contribution in [0, 0.1) is 12.8 Å². The summed E-state index contributed by atoms with van der Waals surface area (Å²) in [5.74, 6) is -0.887. The molecule has 1 aliphatic rings. The minimum absolute atomic E-state index is 0.136. The van der Waals surface area contributed by atoms with Crippen LogP contribution >= 0.6 is 0 Å². The number of hydrogen-bond donors (Lipinski definition) is 1. The van der Waals surface area contributed by atoms with Crippen molar-refractivity contribution in [1.82, 2.24) is 9.88 Å². The van der Waals surface area contributed by atoms with E-state index in [1.807, 2.05) is 18.5 Å². The van der Waals surface area contributed by atoms with Crippen molar-refractivity contribution in [3.05, 3.63) is 77.6 Å². The van der Waals surface area contributed by atoms with E-state index >= 15 is 0 Å². The molecule has 0 amide bonds. The minimum Gasteiger partial charge on any atom is -0.481 e. The lowest BCUT2D eigenvalue weighted by molar-refractivity contribution is -0.143. The first-order valence-corrected chi connectivity index (χ1v) is 9.49. The number of pyridine rings is 1. The van der Waals surface area contributed by atoms with Crippen molar-refractivity contribution in [3.63, 3.8) is 0 Å². The Bertz CT molecular complexity index is 961. The predicted molar refractivity (Wildman–Crippen MR) is 107 cm³/mol. The number of carbonyl (C=O) groups is 1. The molecule has 0 aliphatic carbocycles. The van der Waals surface area contributed by atoms with Crippen molar-refractivity contribution in [2.45, 2.75) is 25.8 Å². The van der Waals surface area contributed by atoms with Gasteiger partial charge in [-0.25, -0.2) is 0 Å². The Balaban J connectivity index is 1.72. The number of aryl methyl sites for hydroxylation is 1. The smallest absolute Gasteiger partial charge is 0.306 e. The fourth-order valence-electron chi connectivity index (χ4n) is 4.13. The lowest BCUT2D eigenvalue weighted by atomic mass is 9.90. The molecule has 4 heteroatoms. The summed E-state index contributed by atoms with van der Waals surface area (Å²) in [4.78, 5) is 18.0. The molecule has 2 aromatic carbocycles. The summed E-state index contributed by atoms with van der Waals surface area (Å²) in [6.45, 7) is 3.71. The molecular formula is C23H24N2O2. The zero-order chi connectivity index (χ0) is 18.8. The van der Waals surface area contributed by atoms with Crippen LogP contribution in [0.4, 0.5) is 0 Å². The van der Waals surface area contributed by atoms with Gasteiger partial charge in [-0.1, -0.05) is 42.0 Å². The standard InChI is InChI=1S/C23H24N2O2/c1-16-3-2-4-19(13-16)22(25-11-8-17(9-12-25)23(26)27)20-5-6-21-15-24-10-7-18(21)14-20/h2-7,10,13-15,17,22H,8-9,11-12H2,1H3,(H,26,27). The van der Waals surface area contributed by atoms with Crippen LogP contribution in [0.5, 0.6) is 0 Å². The minimum atomic E-state index is -0.667. The van der Waals surface area contributed by atoms with Crippen molar-refractivity contribution in [3.8, 4) is 0 Å². The van der Waals surface area contributed by atoms with Gasteiger partial charge in [0.25, 0.3) is 0 Å². The summed E-state index contributed by atoms with van der Waals surface area (Å²) in [7, 11) is 0. The van der Waals surface area contributed by atoms with Crippen LogP contribution in [0.1, 0.15) is 35.6 Å². The van der Waals surface area contributed by atoms with E-state index in [0.29, 0.717) is 12.8 Å². The molecule has 1 fully saturated rings. The van der Waals surface area contributed by atoms with Gasteiger partial charge in [0.05, 0.1) is 12.0 Å². The van der Waals surface area contributed by atoms with E-state index < -0.39 is 5.97 Å². The highest BCUT2D eigenvalue weighted by molar-refractivity contribution is 5.82. The third-order valence-electron chi connectivity index (χ3n) is 5.58. The molecule has 1 N–H and O–H groups in total. The van der Waals surface area contributed by atoms with Gasteiger partial charge in [0, 0.05) is 17.8 Å². The summed E-state index contributed by atoms with van der Waals surface area (Å²) < 4.78 is 0. The SMILES string of the molecule is Cc1cccc(C(c2ccc3cnccc3c2)N2CCC(C(=O)O)CC2)c1. The third kappa shape index (κ3) is 3.71. The van der Waals surface area contributed by atoms with Crippen LogP contribution in [0.3, 0.4) is 0 Å². The summed E-state index contributed by atoms with van der Waals surface area (Å²) in [5, 5.41) is 11.6. The van der Waals surface area contributed by atoms with Crippen LogP contribution in [0.15, 0.2) is 60.9 Å². The number of aliphatic carboxylic acids is 1. The van der Waals surface area contributed by atoms with E-state index in [-0.39, 0.29) is 12.0 Å². The highest BCUT2D eigenvalue weighted by Gasteiger charge is 2.30. The Morgan fingerprint density at radius 3 is 2.59 bits per heavy atom. The monoisotopic (exact) mass is 360 g/mol. The largest absolute Gasteiger partial charge is 0.481 e. The Labute approximate surface area is 159 Å². The number of piperidine rings is 1. The van der Waals surface area contributed by atoms with E-state index in [1.54, 1.807) is 0 Å². The number of benzene rings is 2. The van der Waals surface area contributed by atoms with Crippen LogP contribution in [-0.4, -0.2) is 34.0 Å². The molecular weight excluding hydrogens is 336 g/mol. The normalized spacial score (nSPS) is 17.1. The quantitative estimate of drug-likeness (QED) is 0.748. The van der Waals surface area contributed by atoms with Crippen LogP contribution in [0.25, 0.3) is 10.8 Å². The average Bonchev–Trinajstić information content (AvgIpc) is 2.68. The van der Waals surface area contributed by atoms with Gasteiger partial charge in [0.2, 0.25) is 0 Å². The maximum Gasteiger partial charge on any atom is 0.306 e.